The van der Waals surface area contributed by atoms with Crippen LogP contribution in [0.4, 0.5) is 0 Å². The van der Waals surface area contributed by atoms with Gasteiger partial charge in [0, 0.05) is 13.8 Å². The van der Waals surface area contributed by atoms with Crippen LogP contribution in [0.1, 0.15) is 86.5 Å². The number of carbonyl (C=O) groups excluding carboxylic acids is 2. The molecule has 0 radical (unpaired) electrons. The van der Waals surface area contributed by atoms with Crippen LogP contribution in [-0.4, -0.2) is 25.2 Å². The fourth-order valence-corrected chi connectivity index (χ4v) is 5.71. The molecular formula is C24H40O4. The van der Waals surface area contributed by atoms with Gasteiger partial charge in [-0.25, -0.2) is 0 Å². The van der Waals surface area contributed by atoms with Crippen molar-refractivity contribution in [2.24, 2.45) is 28.6 Å². The first-order valence-electron chi connectivity index (χ1n) is 11.1. The molecule has 4 heteroatoms. The van der Waals surface area contributed by atoms with Gasteiger partial charge in [-0.1, -0.05) is 40.2 Å². The van der Waals surface area contributed by atoms with Crippen molar-refractivity contribution in [2.75, 3.05) is 13.2 Å². The minimum Gasteiger partial charge on any atom is -0.466 e. The number of fused-ring (bicyclic) bond motifs is 1. The molecule has 4 nitrogen and oxygen atoms in total. The third kappa shape index (κ3) is 5.18. The Morgan fingerprint density at radius 1 is 1.14 bits per heavy atom. The molecule has 2 aliphatic carbocycles. The van der Waals surface area contributed by atoms with Gasteiger partial charge in [-0.3, -0.25) is 9.59 Å². The summed E-state index contributed by atoms with van der Waals surface area (Å²) in [6.45, 7) is 13.5. The number of hydrogen-bond donors (Lipinski definition) is 0. The largest absolute Gasteiger partial charge is 0.466 e. The standard InChI is InChI=1S/C24H40O4/c1-17(12-15-27-19(3)25)10-13-23(5)18(2)11-14-24(6)21(16-28-20(4)26)8-7-9-22(23)24/h8,17-18,22H,7,9-16H2,1-6H3/t17?,18-,22-,23+,24-/m1/s1. The lowest BCUT2D eigenvalue weighted by Gasteiger charge is -2.58. The van der Waals surface area contributed by atoms with Crippen LogP contribution in [0.2, 0.25) is 0 Å². The predicted octanol–water partition coefficient (Wildman–Crippen LogP) is 5.70. The molecule has 0 bridgehead atoms. The van der Waals surface area contributed by atoms with Gasteiger partial charge in [-0.2, -0.15) is 0 Å². The van der Waals surface area contributed by atoms with E-state index in [0.717, 1.165) is 19.3 Å². The second-order valence-electron chi connectivity index (χ2n) is 9.78. The normalized spacial score (nSPS) is 33.4. The summed E-state index contributed by atoms with van der Waals surface area (Å²) in [5.74, 6) is 1.49. The Balaban J connectivity index is 2.07. The summed E-state index contributed by atoms with van der Waals surface area (Å²) in [5.41, 5.74) is 1.76. The molecule has 1 unspecified atom stereocenters. The van der Waals surface area contributed by atoms with E-state index in [9.17, 15) is 9.59 Å². The molecule has 28 heavy (non-hydrogen) atoms. The van der Waals surface area contributed by atoms with Crippen molar-refractivity contribution in [1.82, 2.24) is 0 Å². The van der Waals surface area contributed by atoms with E-state index in [1.54, 1.807) is 0 Å². The molecular weight excluding hydrogens is 352 g/mol. The highest BCUT2D eigenvalue weighted by molar-refractivity contribution is 5.66. The summed E-state index contributed by atoms with van der Waals surface area (Å²) in [4.78, 5) is 22.3. The number of ether oxygens (including phenoxy) is 2. The second-order valence-corrected chi connectivity index (χ2v) is 9.78. The van der Waals surface area contributed by atoms with Gasteiger partial charge in [0.05, 0.1) is 6.61 Å². The average molecular weight is 393 g/mol. The molecule has 2 rings (SSSR count). The summed E-state index contributed by atoms with van der Waals surface area (Å²) in [6, 6.07) is 0. The highest BCUT2D eigenvalue weighted by Crippen LogP contribution is 2.62. The SMILES string of the molecule is CC(=O)OCCC(C)CC[C@@]1(C)[C@H](C)CC[C@]2(C)C(COC(C)=O)=CCC[C@H]12. The third-order valence-electron chi connectivity index (χ3n) is 7.89. The molecule has 0 spiro atoms. The average Bonchev–Trinajstić information content (AvgIpc) is 2.62. The highest BCUT2D eigenvalue weighted by Gasteiger charge is 2.53. The molecule has 5 atom stereocenters. The Kier molecular flexibility index (Phi) is 7.75. The number of carbonyl (C=O) groups is 2. The monoisotopic (exact) mass is 392 g/mol. The first-order valence-corrected chi connectivity index (χ1v) is 11.1. The molecule has 160 valence electrons. The molecule has 0 aromatic carbocycles. The van der Waals surface area contributed by atoms with Crippen LogP contribution in [0, 0.1) is 28.6 Å². The summed E-state index contributed by atoms with van der Waals surface area (Å²) in [6.07, 6.45) is 10.4. The van der Waals surface area contributed by atoms with Crippen molar-refractivity contribution in [3.8, 4) is 0 Å². The van der Waals surface area contributed by atoms with Crippen molar-refractivity contribution in [3.63, 3.8) is 0 Å². The lowest BCUT2D eigenvalue weighted by molar-refractivity contribution is -0.142. The fourth-order valence-electron chi connectivity index (χ4n) is 5.71. The Hall–Kier alpha value is -1.32. The highest BCUT2D eigenvalue weighted by atomic mass is 16.5. The van der Waals surface area contributed by atoms with Crippen LogP contribution in [0.25, 0.3) is 0 Å². The number of hydrogen-bond acceptors (Lipinski definition) is 4. The topological polar surface area (TPSA) is 52.6 Å². The summed E-state index contributed by atoms with van der Waals surface area (Å²) >= 11 is 0. The van der Waals surface area contributed by atoms with E-state index in [2.05, 4.69) is 33.8 Å². The predicted molar refractivity (Wildman–Crippen MR) is 112 cm³/mol. The lowest BCUT2D eigenvalue weighted by Crippen LogP contribution is -2.50. The summed E-state index contributed by atoms with van der Waals surface area (Å²) in [5, 5.41) is 0. The van der Waals surface area contributed by atoms with Crippen LogP contribution < -0.4 is 0 Å². The number of esters is 2. The maximum Gasteiger partial charge on any atom is 0.302 e. The van der Waals surface area contributed by atoms with Crippen LogP contribution in [0.3, 0.4) is 0 Å². The Morgan fingerprint density at radius 2 is 1.82 bits per heavy atom. The number of allylic oxidation sites excluding steroid dienone is 1. The summed E-state index contributed by atoms with van der Waals surface area (Å²) in [7, 11) is 0. The second kappa shape index (κ2) is 9.45. The van der Waals surface area contributed by atoms with E-state index in [1.165, 1.54) is 45.1 Å². The van der Waals surface area contributed by atoms with Gasteiger partial charge < -0.3 is 9.47 Å². The van der Waals surface area contributed by atoms with Gasteiger partial charge in [-0.05, 0) is 72.7 Å². The van der Waals surface area contributed by atoms with E-state index < -0.39 is 0 Å². The van der Waals surface area contributed by atoms with Gasteiger partial charge >= 0.3 is 11.9 Å². The van der Waals surface area contributed by atoms with E-state index in [-0.39, 0.29) is 17.4 Å². The van der Waals surface area contributed by atoms with Gasteiger partial charge in [0.1, 0.15) is 6.61 Å². The molecule has 0 aromatic heterocycles. The maximum atomic E-state index is 11.4. The van der Waals surface area contributed by atoms with Crippen molar-refractivity contribution in [2.45, 2.75) is 86.5 Å². The Bertz CT molecular complexity index is 595. The minimum absolute atomic E-state index is 0.135. The first-order chi connectivity index (χ1) is 13.1. The third-order valence-corrected chi connectivity index (χ3v) is 7.89. The zero-order valence-corrected chi connectivity index (χ0v) is 18.8. The first kappa shape index (κ1) is 23.0. The molecule has 2 aliphatic rings. The summed E-state index contributed by atoms with van der Waals surface area (Å²) < 4.78 is 10.5. The number of rotatable bonds is 8. The molecule has 0 heterocycles. The quantitative estimate of drug-likeness (QED) is 0.393. The fraction of sp³-hybridized carbons (Fsp3) is 0.833. The minimum atomic E-state index is -0.194. The molecule has 0 aromatic rings. The van der Waals surface area contributed by atoms with Crippen LogP contribution in [0.5, 0.6) is 0 Å². The van der Waals surface area contributed by atoms with Gasteiger partial charge in [0.25, 0.3) is 0 Å². The molecule has 0 N–H and O–H groups in total. The zero-order chi connectivity index (χ0) is 20.9. The van der Waals surface area contributed by atoms with Crippen LogP contribution in [0.15, 0.2) is 11.6 Å². The molecule has 1 saturated carbocycles. The van der Waals surface area contributed by atoms with Gasteiger partial charge in [0.15, 0.2) is 0 Å². The van der Waals surface area contributed by atoms with Crippen LogP contribution >= 0.6 is 0 Å². The lowest BCUT2D eigenvalue weighted by atomic mass is 9.46. The van der Waals surface area contributed by atoms with E-state index >= 15 is 0 Å². The van der Waals surface area contributed by atoms with Crippen molar-refractivity contribution in [3.05, 3.63) is 11.6 Å². The van der Waals surface area contributed by atoms with E-state index in [4.69, 9.17) is 9.47 Å². The van der Waals surface area contributed by atoms with Crippen molar-refractivity contribution >= 4 is 11.9 Å². The van der Waals surface area contributed by atoms with Crippen LogP contribution in [-0.2, 0) is 19.1 Å². The Labute approximate surface area is 171 Å². The van der Waals surface area contributed by atoms with Crippen molar-refractivity contribution < 1.29 is 19.1 Å². The van der Waals surface area contributed by atoms with Gasteiger partial charge in [-0.15, -0.1) is 0 Å². The van der Waals surface area contributed by atoms with Crippen molar-refractivity contribution in [1.29, 1.82) is 0 Å². The smallest absolute Gasteiger partial charge is 0.302 e. The molecule has 1 fully saturated rings. The van der Waals surface area contributed by atoms with Gasteiger partial charge in [0.2, 0.25) is 0 Å². The molecule has 0 aliphatic heterocycles. The molecule has 0 saturated heterocycles. The van der Waals surface area contributed by atoms with E-state index in [0.29, 0.717) is 36.4 Å². The Morgan fingerprint density at radius 3 is 2.46 bits per heavy atom. The maximum absolute atomic E-state index is 11.4. The van der Waals surface area contributed by atoms with E-state index in [1.807, 2.05) is 0 Å². The zero-order valence-electron chi connectivity index (χ0n) is 18.8. The molecule has 0 amide bonds.